The molecule has 0 aliphatic carbocycles. The van der Waals surface area contributed by atoms with E-state index in [-0.39, 0.29) is 0 Å². The maximum absolute atomic E-state index is 6.30. The lowest BCUT2D eigenvalue weighted by molar-refractivity contribution is 0.668. The van der Waals surface area contributed by atoms with E-state index >= 15 is 0 Å². The van der Waals surface area contributed by atoms with Crippen LogP contribution in [-0.2, 0) is 0 Å². The predicted octanol–water partition coefficient (Wildman–Crippen LogP) is 37.7. The van der Waals surface area contributed by atoms with Crippen molar-refractivity contribution in [2.24, 2.45) is 0 Å². The molecule has 9 aromatic heterocycles. The second-order valence-corrected chi connectivity index (χ2v) is 38.5. The van der Waals surface area contributed by atoms with Crippen LogP contribution >= 0.6 is 0 Å². The van der Waals surface area contributed by atoms with Gasteiger partial charge in [0.1, 0.15) is 33.5 Å². The van der Waals surface area contributed by atoms with E-state index in [9.17, 15) is 0 Å². The van der Waals surface area contributed by atoms with Gasteiger partial charge in [0.2, 0.25) is 0 Å². The highest BCUT2D eigenvalue weighted by Crippen LogP contribution is 2.47. The Balaban J connectivity index is 0.000000102. The van der Waals surface area contributed by atoms with E-state index in [1.54, 1.807) is 0 Å². The summed E-state index contributed by atoms with van der Waals surface area (Å²) in [4.78, 5) is 0. The van der Waals surface area contributed by atoms with E-state index in [2.05, 4.69) is 513 Å². The summed E-state index contributed by atoms with van der Waals surface area (Å²) in [6.07, 6.45) is 0. The first-order valence-corrected chi connectivity index (χ1v) is 50.2. The highest BCUT2D eigenvalue weighted by Gasteiger charge is 2.25. The number of furan rings is 3. The first kappa shape index (κ1) is 83.1. The number of fused-ring (bicyclic) bond motifs is 27. The third-order valence-corrected chi connectivity index (χ3v) is 30.4. The molecule has 0 radical (unpaired) electrons. The maximum atomic E-state index is 6.30. The molecule has 23 aromatic carbocycles. The maximum Gasteiger partial charge on any atom is 0.137 e. The molecule has 0 N–H and O–H groups in total. The third kappa shape index (κ3) is 13.4. The van der Waals surface area contributed by atoms with Gasteiger partial charge < -0.3 is 40.7 Å². The first-order chi connectivity index (χ1) is 72.9. The molecule has 0 fully saturated rings. The first-order valence-electron chi connectivity index (χ1n) is 50.2. The third-order valence-electron chi connectivity index (χ3n) is 30.4. The van der Waals surface area contributed by atoms with Crippen LogP contribution in [0.3, 0.4) is 0 Å². The smallest absolute Gasteiger partial charge is 0.137 e. The number of para-hydroxylation sites is 11. The molecule has 9 nitrogen and oxygen atoms in total. The fraction of sp³-hybridized carbons (Fsp3) is 0. The van der Waals surface area contributed by atoms with Crippen molar-refractivity contribution < 1.29 is 13.3 Å². The second kappa shape index (κ2) is 33.5. The van der Waals surface area contributed by atoms with Crippen LogP contribution in [0.15, 0.2) is 535 Å². The molecule has 0 atom stereocenters. The van der Waals surface area contributed by atoms with Crippen molar-refractivity contribution in [3.8, 4) is 89.8 Å². The highest BCUT2D eigenvalue weighted by molar-refractivity contribution is 6.19. The van der Waals surface area contributed by atoms with Crippen LogP contribution in [-0.4, -0.2) is 27.4 Å². The van der Waals surface area contributed by atoms with Crippen LogP contribution in [0.1, 0.15) is 0 Å². The molecule has 0 bridgehead atoms. The lowest BCUT2D eigenvalue weighted by atomic mass is 10.0. The van der Waals surface area contributed by atoms with E-state index in [1.165, 1.54) is 198 Å². The molecule has 32 aromatic rings. The van der Waals surface area contributed by atoms with Gasteiger partial charge in [-0.1, -0.05) is 309 Å². The minimum atomic E-state index is 0.899. The Hall–Kier alpha value is -19.7. The molecule has 686 valence electrons. The Labute approximate surface area is 842 Å². The summed E-state index contributed by atoms with van der Waals surface area (Å²) in [6, 6.07) is 188. The van der Waals surface area contributed by atoms with E-state index in [4.69, 9.17) is 13.3 Å². The summed E-state index contributed by atoms with van der Waals surface area (Å²) < 4.78 is 33.0. The van der Waals surface area contributed by atoms with Gasteiger partial charge in [-0.3, -0.25) is 0 Å². The molecule has 0 aliphatic rings. The van der Waals surface area contributed by atoms with Gasteiger partial charge in [-0.15, -0.1) is 0 Å². The summed E-state index contributed by atoms with van der Waals surface area (Å²) >= 11 is 0. The van der Waals surface area contributed by atoms with Crippen LogP contribution in [0.5, 0.6) is 0 Å². The molecule has 0 saturated heterocycles. The fourth-order valence-corrected chi connectivity index (χ4v) is 23.7. The SMILES string of the molecule is c1ccc(-c2ccc(-n3c4ccccc4c4cc(-c5ccc6c(c5)c5ccccc5n6-c5ccc6c(c5)oc5ccccc56)ccc43)cc2)cc1.c1ccc(-c2ccccc2-n2c3ccccc3c3cc(-c4ccc5c(c4)c4ccccc4n5-c4ccc5oc6ccccc6c5c4)ccc32)cc1.c1ccc(-n2c3ccccc3c3cc(-c4ccc5c(c4)c4ccccc4n5-c4ccc5c(c4)oc4ccccc45)ccc32)cc1. The minimum Gasteiger partial charge on any atom is -0.456 e. The Morgan fingerprint density at radius 3 is 0.721 bits per heavy atom. The summed E-state index contributed by atoms with van der Waals surface area (Å²) in [5.41, 5.74) is 38.7. The number of rotatable bonds is 11. The molecule has 9 heteroatoms. The van der Waals surface area contributed by atoms with Crippen LogP contribution in [0.25, 0.3) is 286 Å². The summed E-state index contributed by atoms with van der Waals surface area (Å²) in [6.45, 7) is 0. The molecular weight excluding hydrogens is 1790 g/mol. The Bertz CT molecular complexity index is 11000. The number of aromatic nitrogens is 6. The number of nitrogens with zero attached hydrogens (tertiary/aromatic N) is 6. The topological polar surface area (TPSA) is 69.0 Å². The molecule has 147 heavy (non-hydrogen) atoms. The molecule has 0 amide bonds. The van der Waals surface area contributed by atoms with Crippen molar-refractivity contribution in [1.82, 2.24) is 27.4 Å². The van der Waals surface area contributed by atoms with Crippen molar-refractivity contribution in [2.75, 3.05) is 0 Å². The van der Waals surface area contributed by atoms with E-state index < -0.39 is 0 Å². The van der Waals surface area contributed by atoms with Crippen LogP contribution < -0.4 is 0 Å². The molecule has 9 heterocycles. The van der Waals surface area contributed by atoms with Crippen molar-refractivity contribution in [2.45, 2.75) is 0 Å². The standard InChI is InChI=1S/2C48H30N2O.C42H26N2O/c1-2-12-31(13-3-1)35-14-4-8-18-42(35)50-44-20-10-6-16-37(44)40-29-33(23-26-46(40)50)32-22-25-45-39(28-32)36-15-5-9-19-43(36)49(45)34-24-27-48-41(30-34)38-17-7-11-21-47(38)51-48;1-2-10-31(11-3-1)32-18-22-35(23-19-32)49-43-15-7-4-12-37(43)41-28-33(20-26-45(41)49)34-21-27-46-42(29-34)38-13-5-8-16-44(38)50(46)36-24-25-40-39-14-6-9-17-47(39)51-48(40)30-36;1-2-10-29(11-3-1)43-37-15-7-4-12-31(37)35-24-27(18-22-39(35)43)28-19-23-40-36(25-28)32-13-5-8-16-38(32)44(40)30-20-21-34-33-14-6-9-17-41(33)45-42(34)26-30/h2*1-30H;1-26H. The average Bonchev–Trinajstić information content (AvgIpc) is 1.58. The van der Waals surface area contributed by atoms with Crippen molar-refractivity contribution in [1.29, 1.82) is 0 Å². The fourth-order valence-electron chi connectivity index (χ4n) is 23.7. The average molecular weight is 1880 g/mol. The molecule has 0 spiro atoms. The van der Waals surface area contributed by atoms with Gasteiger partial charge in [0.15, 0.2) is 0 Å². The lowest BCUT2D eigenvalue weighted by Gasteiger charge is -2.14. The van der Waals surface area contributed by atoms with Gasteiger partial charge in [-0.2, -0.15) is 0 Å². The van der Waals surface area contributed by atoms with E-state index in [0.717, 1.165) is 88.6 Å². The monoisotopic (exact) mass is 1870 g/mol. The predicted molar refractivity (Wildman–Crippen MR) is 614 cm³/mol. The van der Waals surface area contributed by atoms with Crippen LogP contribution in [0.2, 0.25) is 0 Å². The van der Waals surface area contributed by atoms with E-state index in [1.807, 2.05) is 36.4 Å². The van der Waals surface area contributed by atoms with Gasteiger partial charge in [0.25, 0.3) is 0 Å². The van der Waals surface area contributed by atoms with Gasteiger partial charge in [0, 0.05) is 143 Å². The summed E-state index contributed by atoms with van der Waals surface area (Å²) in [7, 11) is 0. The minimum absolute atomic E-state index is 0.899. The summed E-state index contributed by atoms with van der Waals surface area (Å²) in [5.74, 6) is 0. The molecule has 0 saturated carbocycles. The lowest BCUT2D eigenvalue weighted by Crippen LogP contribution is -1.97. The zero-order valence-electron chi connectivity index (χ0n) is 79.6. The number of hydrogen-bond acceptors (Lipinski definition) is 3. The van der Waals surface area contributed by atoms with Crippen molar-refractivity contribution in [3.63, 3.8) is 0 Å². The molecule has 0 unspecified atom stereocenters. The Kier molecular flexibility index (Phi) is 18.9. The van der Waals surface area contributed by atoms with E-state index in [0.29, 0.717) is 0 Å². The number of benzene rings is 23. The largest absolute Gasteiger partial charge is 0.456 e. The van der Waals surface area contributed by atoms with Gasteiger partial charge >= 0.3 is 0 Å². The second-order valence-electron chi connectivity index (χ2n) is 38.5. The molecule has 32 rings (SSSR count). The molecule has 0 aliphatic heterocycles. The molecular formula is C138H86N6O3. The zero-order chi connectivity index (χ0) is 96.4. The normalized spacial score (nSPS) is 11.9. The van der Waals surface area contributed by atoms with Gasteiger partial charge in [-0.25, -0.2) is 0 Å². The zero-order valence-corrected chi connectivity index (χ0v) is 79.6. The van der Waals surface area contributed by atoms with Crippen LogP contribution in [0, 0.1) is 0 Å². The Morgan fingerprint density at radius 1 is 0.109 bits per heavy atom. The Morgan fingerprint density at radius 2 is 0.340 bits per heavy atom. The van der Waals surface area contributed by atoms with Gasteiger partial charge in [0.05, 0.1) is 71.9 Å². The van der Waals surface area contributed by atoms with Crippen molar-refractivity contribution in [3.05, 3.63) is 522 Å². The van der Waals surface area contributed by atoms with Gasteiger partial charge in [-0.05, 0) is 250 Å². The summed E-state index contributed by atoms with van der Waals surface area (Å²) in [5, 5.41) is 21.8. The van der Waals surface area contributed by atoms with Crippen molar-refractivity contribution >= 4 is 197 Å². The highest BCUT2D eigenvalue weighted by atomic mass is 16.3. The quantitative estimate of drug-likeness (QED) is 0.130. The van der Waals surface area contributed by atoms with Crippen LogP contribution in [0.4, 0.5) is 0 Å². The number of hydrogen-bond donors (Lipinski definition) is 0.